The Morgan fingerprint density at radius 3 is 2.84 bits per heavy atom. The number of hydrogen-bond acceptors (Lipinski definition) is 3. The Kier molecular flexibility index (Phi) is 3.60. The van der Waals surface area contributed by atoms with Gasteiger partial charge in [0.25, 0.3) is 0 Å². The molecule has 1 aromatic carbocycles. The third-order valence-corrected chi connectivity index (χ3v) is 5.39. The summed E-state index contributed by atoms with van der Waals surface area (Å²) in [6.45, 7) is 1.36. The largest absolute Gasteiger partial charge is 0.308 e. The fraction of sp³-hybridized carbons (Fsp3) is 0.571. The third kappa shape index (κ3) is 3.35. The Balaban J connectivity index is 1.64. The summed E-state index contributed by atoms with van der Waals surface area (Å²) in [6.07, 6.45) is 3.14. The molecule has 1 aliphatic heterocycles. The second-order valence-electron chi connectivity index (χ2n) is 5.53. The molecule has 0 saturated heterocycles. The van der Waals surface area contributed by atoms with E-state index in [4.69, 9.17) is 0 Å². The predicted molar refractivity (Wildman–Crippen MR) is 75.4 cm³/mol. The van der Waals surface area contributed by atoms with Crippen molar-refractivity contribution in [2.45, 2.75) is 25.3 Å². The Bertz CT molecular complexity index is 552. The molecule has 1 unspecified atom stereocenters. The molecule has 1 heterocycles. The zero-order valence-electron chi connectivity index (χ0n) is 10.9. The highest BCUT2D eigenvalue weighted by atomic mass is 32.2. The van der Waals surface area contributed by atoms with Gasteiger partial charge in [0.2, 0.25) is 10.0 Å². The maximum atomic E-state index is 11.9. The summed E-state index contributed by atoms with van der Waals surface area (Å²) >= 11 is 0. The van der Waals surface area contributed by atoms with Gasteiger partial charge in [0.05, 0.1) is 5.75 Å². The van der Waals surface area contributed by atoms with Gasteiger partial charge in [0, 0.05) is 12.6 Å². The first-order valence-electron chi connectivity index (χ1n) is 6.92. The number of hydrogen-bond donors (Lipinski definition) is 2. The summed E-state index contributed by atoms with van der Waals surface area (Å²) in [5.41, 5.74) is 2.55. The summed E-state index contributed by atoms with van der Waals surface area (Å²) in [5.74, 6) is 0.686. The van der Waals surface area contributed by atoms with E-state index in [1.807, 2.05) is 12.1 Å². The average Bonchev–Trinajstić information content (AvgIpc) is 3.19. The van der Waals surface area contributed by atoms with E-state index >= 15 is 0 Å². The van der Waals surface area contributed by atoms with Crippen LogP contribution in [0.15, 0.2) is 24.3 Å². The van der Waals surface area contributed by atoms with Gasteiger partial charge in [0.15, 0.2) is 0 Å². The molecule has 5 heteroatoms. The molecule has 0 radical (unpaired) electrons. The fourth-order valence-corrected chi connectivity index (χ4v) is 4.13. The van der Waals surface area contributed by atoms with Crippen LogP contribution in [0.3, 0.4) is 0 Å². The highest BCUT2D eigenvalue weighted by Crippen LogP contribution is 2.30. The first-order chi connectivity index (χ1) is 9.14. The van der Waals surface area contributed by atoms with Crippen molar-refractivity contribution in [3.05, 3.63) is 35.4 Å². The molecule has 1 fully saturated rings. The van der Waals surface area contributed by atoms with E-state index in [9.17, 15) is 8.42 Å². The molecule has 1 atom stereocenters. The highest BCUT2D eigenvalue weighted by molar-refractivity contribution is 7.89. The zero-order valence-corrected chi connectivity index (χ0v) is 11.7. The smallest absolute Gasteiger partial charge is 0.211 e. The lowest BCUT2D eigenvalue weighted by atomic mass is 9.95. The molecule has 0 spiro atoms. The molecule has 2 N–H and O–H groups in total. The first kappa shape index (κ1) is 13.1. The van der Waals surface area contributed by atoms with Gasteiger partial charge in [-0.05, 0) is 42.9 Å². The molecule has 2 aliphatic rings. The molecular weight excluding hydrogens is 260 g/mol. The maximum Gasteiger partial charge on any atom is 0.211 e. The van der Waals surface area contributed by atoms with Crippen molar-refractivity contribution < 1.29 is 8.42 Å². The third-order valence-electron chi connectivity index (χ3n) is 3.87. The van der Waals surface area contributed by atoms with E-state index in [1.165, 1.54) is 11.1 Å². The average molecular weight is 280 g/mol. The SMILES string of the molecule is O=S(=O)(CC1CC1)NCC1NCCc2ccccc21. The lowest BCUT2D eigenvalue weighted by Crippen LogP contribution is -2.39. The monoisotopic (exact) mass is 280 g/mol. The van der Waals surface area contributed by atoms with Gasteiger partial charge in [-0.15, -0.1) is 0 Å². The van der Waals surface area contributed by atoms with Crippen molar-refractivity contribution >= 4 is 10.0 Å². The minimum absolute atomic E-state index is 0.0962. The van der Waals surface area contributed by atoms with Gasteiger partial charge >= 0.3 is 0 Å². The van der Waals surface area contributed by atoms with Crippen LogP contribution in [0, 0.1) is 5.92 Å². The Hall–Kier alpha value is -0.910. The summed E-state index contributed by atoms with van der Waals surface area (Å²) in [7, 11) is -3.11. The molecule has 1 saturated carbocycles. The molecular formula is C14H20N2O2S. The summed E-state index contributed by atoms with van der Waals surface area (Å²) in [6, 6.07) is 8.36. The van der Waals surface area contributed by atoms with Crippen molar-refractivity contribution in [2.24, 2.45) is 5.92 Å². The van der Waals surface area contributed by atoms with Crippen LogP contribution in [0.25, 0.3) is 0 Å². The molecule has 1 aliphatic carbocycles. The lowest BCUT2D eigenvalue weighted by molar-refractivity contribution is 0.491. The van der Waals surface area contributed by atoms with E-state index in [0.29, 0.717) is 18.2 Å². The molecule has 19 heavy (non-hydrogen) atoms. The Labute approximate surface area is 114 Å². The molecule has 4 nitrogen and oxygen atoms in total. The number of rotatable bonds is 5. The van der Waals surface area contributed by atoms with E-state index in [-0.39, 0.29) is 6.04 Å². The summed E-state index contributed by atoms with van der Waals surface area (Å²) in [5, 5.41) is 3.39. The predicted octanol–water partition coefficient (Wildman–Crippen LogP) is 1.20. The van der Waals surface area contributed by atoms with Gasteiger partial charge in [0.1, 0.15) is 0 Å². The van der Waals surface area contributed by atoms with E-state index in [2.05, 4.69) is 22.2 Å². The molecule has 0 amide bonds. The molecule has 1 aromatic rings. The second kappa shape index (κ2) is 5.23. The van der Waals surface area contributed by atoms with Crippen LogP contribution in [-0.4, -0.2) is 27.3 Å². The van der Waals surface area contributed by atoms with Crippen LogP contribution in [0.4, 0.5) is 0 Å². The van der Waals surface area contributed by atoms with Crippen LogP contribution >= 0.6 is 0 Å². The molecule has 104 valence electrons. The van der Waals surface area contributed by atoms with Crippen molar-refractivity contribution in [2.75, 3.05) is 18.8 Å². The normalized spacial score (nSPS) is 23.1. The standard InChI is InChI=1S/C14H20N2O2S/c17-19(18,10-11-5-6-11)16-9-14-13-4-2-1-3-12(13)7-8-15-14/h1-4,11,14-16H,5-10H2. The van der Waals surface area contributed by atoms with Crippen LogP contribution in [0.2, 0.25) is 0 Å². The van der Waals surface area contributed by atoms with Gasteiger partial charge in [-0.1, -0.05) is 24.3 Å². The minimum Gasteiger partial charge on any atom is -0.308 e. The Morgan fingerprint density at radius 1 is 1.26 bits per heavy atom. The van der Waals surface area contributed by atoms with Crippen molar-refractivity contribution in [3.8, 4) is 0 Å². The molecule has 0 aromatic heterocycles. The summed E-state index contributed by atoms with van der Waals surface area (Å²) < 4.78 is 26.5. The van der Waals surface area contributed by atoms with E-state index in [0.717, 1.165) is 25.8 Å². The topological polar surface area (TPSA) is 58.2 Å². The Morgan fingerprint density at radius 2 is 2.05 bits per heavy atom. The lowest BCUT2D eigenvalue weighted by Gasteiger charge is -2.27. The number of fused-ring (bicyclic) bond motifs is 1. The van der Waals surface area contributed by atoms with Gasteiger partial charge in [-0.3, -0.25) is 0 Å². The van der Waals surface area contributed by atoms with Crippen LogP contribution in [-0.2, 0) is 16.4 Å². The zero-order chi connectivity index (χ0) is 13.3. The van der Waals surface area contributed by atoms with Crippen LogP contribution in [0.1, 0.15) is 30.0 Å². The molecule has 3 rings (SSSR count). The fourth-order valence-electron chi connectivity index (χ4n) is 2.64. The van der Waals surface area contributed by atoms with E-state index in [1.54, 1.807) is 0 Å². The van der Waals surface area contributed by atoms with Gasteiger partial charge in [-0.25, -0.2) is 13.1 Å². The highest BCUT2D eigenvalue weighted by Gasteiger charge is 2.28. The van der Waals surface area contributed by atoms with Crippen molar-refractivity contribution in [1.82, 2.24) is 10.0 Å². The summed E-state index contributed by atoms with van der Waals surface area (Å²) in [4.78, 5) is 0. The van der Waals surface area contributed by atoms with Crippen molar-refractivity contribution in [3.63, 3.8) is 0 Å². The van der Waals surface area contributed by atoms with E-state index < -0.39 is 10.0 Å². The maximum absolute atomic E-state index is 11.9. The molecule has 0 bridgehead atoms. The van der Waals surface area contributed by atoms with Crippen molar-refractivity contribution in [1.29, 1.82) is 0 Å². The number of benzene rings is 1. The number of nitrogens with one attached hydrogen (secondary N) is 2. The second-order valence-corrected chi connectivity index (χ2v) is 7.38. The quantitative estimate of drug-likeness (QED) is 0.852. The van der Waals surface area contributed by atoms with Gasteiger partial charge < -0.3 is 5.32 Å². The first-order valence-corrected chi connectivity index (χ1v) is 8.58. The minimum atomic E-state index is -3.11. The van der Waals surface area contributed by atoms with Gasteiger partial charge in [-0.2, -0.15) is 0 Å². The van der Waals surface area contributed by atoms with Crippen LogP contribution < -0.4 is 10.0 Å². The number of sulfonamides is 1. The van der Waals surface area contributed by atoms with Crippen LogP contribution in [0.5, 0.6) is 0 Å².